The minimum Gasteiger partial charge on any atom is -0.495 e. The molecule has 1 amide bonds. The number of rotatable bonds is 6. The van der Waals surface area contributed by atoms with Crippen LogP contribution in [0.25, 0.3) is 0 Å². The van der Waals surface area contributed by atoms with Crippen molar-refractivity contribution in [2.45, 2.75) is 38.0 Å². The zero-order valence-corrected chi connectivity index (χ0v) is 17.9. The van der Waals surface area contributed by atoms with E-state index < -0.39 is 10.0 Å². The Balaban J connectivity index is 1.99. The smallest absolute Gasteiger partial charge is 0.265 e. The van der Waals surface area contributed by atoms with Gasteiger partial charge in [0.1, 0.15) is 16.4 Å². The average molecular weight is 419 g/mol. The molecule has 7 nitrogen and oxygen atoms in total. The van der Waals surface area contributed by atoms with E-state index >= 15 is 0 Å². The fraction of sp³-hybridized carbons (Fsp3) is 0.381. The second-order valence-electron chi connectivity index (χ2n) is 7.08. The van der Waals surface area contributed by atoms with Crippen molar-refractivity contribution in [1.29, 1.82) is 0 Å². The third-order valence-electron chi connectivity index (χ3n) is 5.11. The van der Waals surface area contributed by atoms with E-state index in [4.69, 9.17) is 9.47 Å². The van der Waals surface area contributed by atoms with E-state index in [0.717, 1.165) is 24.0 Å². The SMILES string of the molecule is COc1ccc(NS(=O)(=O)c2cc(C)c(C)cc2OC)cc1N1CCCCC1=O. The Morgan fingerprint density at radius 1 is 0.966 bits per heavy atom. The zero-order chi connectivity index (χ0) is 21.2. The predicted octanol–water partition coefficient (Wildman–Crippen LogP) is 3.64. The Morgan fingerprint density at radius 3 is 2.31 bits per heavy atom. The summed E-state index contributed by atoms with van der Waals surface area (Å²) in [5.74, 6) is 0.804. The maximum atomic E-state index is 13.0. The Hall–Kier alpha value is -2.74. The van der Waals surface area contributed by atoms with Crippen LogP contribution in [-0.4, -0.2) is 35.1 Å². The van der Waals surface area contributed by atoms with Gasteiger partial charge in [-0.2, -0.15) is 0 Å². The van der Waals surface area contributed by atoms with Gasteiger partial charge in [-0.15, -0.1) is 0 Å². The van der Waals surface area contributed by atoms with Crippen molar-refractivity contribution in [2.24, 2.45) is 0 Å². The highest BCUT2D eigenvalue weighted by molar-refractivity contribution is 7.92. The van der Waals surface area contributed by atoms with Crippen LogP contribution < -0.4 is 19.1 Å². The highest BCUT2D eigenvalue weighted by atomic mass is 32.2. The number of amides is 1. The van der Waals surface area contributed by atoms with Gasteiger partial charge in [-0.05, 0) is 68.1 Å². The van der Waals surface area contributed by atoms with Crippen molar-refractivity contribution in [3.63, 3.8) is 0 Å². The second kappa shape index (κ2) is 8.32. The van der Waals surface area contributed by atoms with E-state index in [1.54, 1.807) is 35.2 Å². The first-order valence-corrected chi connectivity index (χ1v) is 10.9. The third kappa shape index (κ3) is 4.32. The van der Waals surface area contributed by atoms with E-state index in [0.29, 0.717) is 30.1 Å². The Bertz CT molecular complexity index is 1030. The topological polar surface area (TPSA) is 84.9 Å². The molecule has 156 valence electrons. The molecule has 1 N–H and O–H groups in total. The molecule has 0 bridgehead atoms. The van der Waals surface area contributed by atoms with E-state index in [1.807, 2.05) is 13.8 Å². The van der Waals surface area contributed by atoms with Gasteiger partial charge in [-0.1, -0.05) is 0 Å². The number of nitrogens with one attached hydrogen (secondary N) is 1. The van der Waals surface area contributed by atoms with Crippen LogP contribution >= 0.6 is 0 Å². The largest absolute Gasteiger partial charge is 0.495 e. The van der Waals surface area contributed by atoms with Gasteiger partial charge in [0, 0.05) is 13.0 Å². The summed E-state index contributed by atoms with van der Waals surface area (Å²) in [6, 6.07) is 8.20. The first-order chi connectivity index (χ1) is 13.8. The van der Waals surface area contributed by atoms with Gasteiger partial charge in [0.2, 0.25) is 5.91 Å². The van der Waals surface area contributed by atoms with Crippen molar-refractivity contribution in [3.8, 4) is 11.5 Å². The number of methoxy groups -OCH3 is 2. The molecule has 3 rings (SSSR count). The molecule has 1 saturated heterocycles. The van der Waals surface area contributed by atoms with E-state index in [1.165, 1.54) is 14.2 Å². The molecule has 0 aromatic heterocycles. The lowest BCUT2D eigenvalue weighted by atomic mass is 10.1. The number of ether oxygens (including phenoxy) is 2. The van der Waals surface area contributed by atoms with Crippen molar-refractivity contribution in [1.82, 2.24) is 0 Å². The molecule has 0 unspecified atom stereocenters. The van der Waals surface area contributed by atoms with Gasteiger partial charge in [0.05, 0.1) is 25.6 Å². The van der Waals surface area contributed by atoms with Crippen LogP contribution in [0.2, 0.25) is 0 Å². The molecule has 1 heterocycles. The van der Waals surface area contributed by atoms with Crippen LogP contribution in [-0.2, 0) is 14.8 Å². The molecule has 2 aromatic rings. The summed E-state index contributed by atoms with van der Waals surface area (Å²) >= 11 is 0. The molecule has 1 aliphatic rings. The summed E-state index contributed by atoms with van der Waals surface area (Å²) in [4.78, 5) is 14.1. The first-order valence-electron chi connectivity index (χ1n) is 9.43. The quantitative estimate of drug-likeness (QED) is 0.774. The monoisotopic (exact) mass is 418 g/mol. The molecule has 1 aliphatic heterocycles. The summed E-state index contributed by atoms with van der Waals surface area (Å²) in [7, 11) is -0.929. The fourth-order valence-electron chi connectivity index (χ4n) is 3.37. The maximum Gasteiger partial charge on any atom is 0.265 e. The number of aryl methyl sites for hydroxylation is 2. The number of carbonyl (C=O) groups excluding carboxylic acids is 1. The number of hydrogen-bond acceptors (Lipinski definition) is 5. The third-order valence-corrected chi connectivity index (χ3v) is 6.52. The lowest BCUT2D eigenvalue weighted by molar-refractivity contribution is -0.119. The molecule has 0 atom stereocenters. The lowest BCUT2D eigenvalue weighted by Crippen LogP contribution is -2.35. The van der Waals surface area contributed by atoms with Crippen molar-refractivity contribution in [3.05, 3.63) is 41.5 Å². The molecule has 0 aliphatic carbocycles. The summed E-state index contributed by atoms with van der Waals surface area (Å²) in [5.41, 5.74) is 2.69. The van der Waals surface area contributed by atoms with Crippen molar-refractivity contribution in [2.75, 3.05) is 30.4 Å². The van der Waals surface area contributed by atoms with Crippen LogP contribution in [0.1, 0.15) is 30.4 Å². The van der Waals surface area contributed by atoms with Crippen LogP contribution in [0, 0.1) is 13.8 Å². The number of carbonyl (C=O) groups is 1. The molecular formula is C21H26N2O5S. The lowest BCUT2D eigenvalue weighted by Gasteiger charge is -2.28. The number of benzene rings is 2. The Labute approximate surface area is 171 Å². The molecule has 0 radical (unpaired) electrons. The van der Waals surface area contributed by atoms with Crippen LogP contribution in [0.4, 0.5) is 11.4 Å². The van der Waals surface area contributed by atoms with E-state index in [2.05, 4.69) is 4.72 Å². The number of piperidine rings is 1. The standard InChI is InChI=1S/C21H26N2O5S/c1-14-11-19(28-4)20(12-15(14)2)29(25,26)22-16-8-9-18(27-3)17(13-16)23-10-6-5-7-21(23)24/h8-9,11-13,22H,5-7,10H2,1-4H3. The van der Waals surface area contributed by atoms with Crippen molar-refractivity contribution >= 4 is 27.3 Å². The molecule has 0 saturated carbocycles. The van der Waals surface area contributed by atoms with Crippen LogP contribution in [0.15, 0.2) is 35.2 Å². The summed E-state index contributed by atoms with van der Waals surface area (Å²) < 4.78 is 39.4. The number of nitrogens with zero attached hydrogens (tertiary/aromatic N) is 1. The van der Waals surface area contributed by atoms with Gasteiger partial charge in [-0.25, -0.2) is 8.42 Å². The second-order valence-corrected chi connectivity index (χ2v) is 8.73. The van der Waals surface area contributed by atoms with Crippen molar-refractivity contribution < 1.29 is 22.7 Å². The van der Waals surface area contributed by atoms with E-state index in [9.17, 15) is 13.2 Å². The van der Waals surface area contributed by atoms with Crippen LogP contribution in [0.3, 0.4) is 0 Å². The summed E-state index contributed by atoms with van der Waals surface area (Å²) in [5, 5.41) is 0. The Kier molecular flexibility index (Phi) is 6.02. The predicted molar refractivity (Wildman–Crippen MR) is 112 cm³/mol. The number of sulfonamides is 1. The van der Waals surface area contributed by atoms with Gasteiger partial charge in [0.25, 0.3) is 10.0 Å². The van der Waals surface area contributed by atoms with Crippen LogP contribution in [0.5, 0.6) is 11.5 Å². The molecule has 1 fully saturated rings. The minimum absolute atomic E-state index is 0.00499. The zero-order valence-electron chi connectivity index (χ0n) is 17.1. The van der Waals surface area contributed by atoms with Gasteiger partial charge < -0.3 is 14.4 Å². The minimum atomic E-state index is -3.90. The van der Waals surface area contributed by atoms with E-state index in [-0.39, 0.29) is 16.6 Å². The summed E-state index contributed by atoms with van der Waals surface area (Å²) in [6.07, 6.45) is 2.22. The first kappa shape index (κ1) is 21.0. The fourth-order valence-corrected chi connectivity index (χ4v) is 4.65. The molecular weight excluding hydrogens is 392 g/mol. The highest BCUT2D eigenvalue weighted by Gasteiger charge is 2.25. The Morgan fingerprint density at radius 2 is 1.66 bits per heavy atom. The molecule has 29 heavy (non-hydrogen) atoms. The highest BCUT2D eigenvalue weighted by Crippen LogP contribution is 2.35. The molecule has 2 aromatic carbocycles. The maximum absolute atomic E-state index is 13.0. The molecule has 8 heteroatoms. The van der Waals surface area contributed by atoms with Gasteiger partial charge in [0.15, 0.2) is 0 Å². The normalized spacial score (nSPS) is 14.6. The number of hydrogen-bond donors (Lipinski definition) is 1. The summed E-state index contributed by atoms with van der Waals surface area (Å²) in [6.45, 7) is 4.32. The van der Waals surface area contributed by atoms with Gasteiger partial charge in [-0.3, -0.25) is 9.52 Å². The molecule has 0 spiro atoms. The number of anilines is 2. The van der Waals surface area contributed by atoms with Gasteiger partial charge >= 0.3 is 0 Å². The average Bonchev–Trinajstić information content (AvgIpc) is 2.69.